The topological polar surface area (TPSA) is 59.8 Å². The largest absolute Gasteiger partial charge is 0.308 e. The van der Waals surface area contributed by atoms with Crippen molar-refractivity contribution in [2.45, 2.75) is 47.1 Å². The number of para-hydroxylation sites is 1. The number of hydrogen-bond acceptors (Lipinski definition) is 3. The smallest absolute Gasteiger partial charge is 0.230 e. The van der Waals surface area contributed by atoms with E-state index in [1.807, 2.05) is 49.7 Å². The number of hydrogen-bond donors (Lipinski definition) is 1. The summed E-state index contributed by atoms with van der Waals surface area (Å²) < 4.78 is 1.91. The van der Waals surface area contributed by atoms with Crippen molar-refractivity contribution in [3.8, 4) is 0 Å². The van der Waals surface area contributed by atoms with E-state index in [0.29, 0.717) is 5.82 Å². The highest BCUT2D eigenvalue weighted by molar-refractivity contribution is 6.03. The summed E-state index contributed by atoms with van der Waals surface area (Å²) in [6.07, 6.45) is 2.11. The number of rotatable bonds is 4. The zero-order chi connectivity index (χ0) is 17.3. The van der Waals surface area contributed by atoms with Gasteiger partial charge in [0.05, 0.1) is 10.9 Å². The Bertz CT molecular complexity index is 889. The monoisotopic (exact) mass is 324 g/mol. The number of carbonyl (C=O) groups is 1. The third-order valence-electron chi connectivity index (χ3n) is 4.06. The number of pyridine rings is 1. The van der Waals surface area contributed by atoms with Crippen LogP contribution in [0.3, 0.4) is 0 Å². The lowest BCUT2D eigenvalue weighted by Gasteiger charge is -2.16. The van der Waals surface area contributed by atoms with E-state index in [0.717, 1.165) is 41.3 Å². The van der Waals surface area contributed by atoms with Gasteiger partial charge in [-0.05, 0) is 18.6 Å². The second kappa shape index (κ2) is 6.23. The fourth-order valence-corrected chi connectivity index (χ4v) is 2.55. The van der Waals surface area contributed by atoms with Gasteiger partial charge >= 0.3 is 0 Å². The third-order valence-corrected chi connectivity index (χ3v) is 4.06. The molecule has 1 N–H and O–H groups in total. The van der Waals surface area contributed by atoms with Gasteiger partial charge in [0.1, 0.15) is 0 Å². The molecule has 0 unspecified atom stereocenters. The van der Waals surface area contributed by atoms with Gasteiger partial charge in [0.2, 0.25) is 5.91 Å². The predicted octanol–water partition coefficient (Wildman–Crippen LogP) is 4.37. The van der Waals surface area contributed by atoms with Gasteiger partial charge in [-0.15, -0.1) is 0 Å². The SMILES string of the molecule is CCCCn1nc(NC(=O)C(C)(C)C)c2cc3ccccc3nc21. The van der Waals surface area contributed by atoms with Gasteiger partial charge in [-0.2, -0.15) is 5.10 Å². The molecule has 5 nitrogen and oxygen atoms in total. The molecule has 3 rings (SSSR count). The number of nitrogens with zero attached hydrogens (tertiary/aromatic N) is 3. The maximum Gasteiger partial charge on any atom is 0.230 e. The van der Waals surface area contributed by atoms with E-state index in [2.05, 4.69) is 23.4 Å². The van der Waals surface area contributed by atoms with Crippen LogP contribution >= 0.6 is 0 Å². The first-order valence-corrected chi connectivity index (χ1v) is 8.48. The van der Waals surface area contributed by atoms with E-state index in [1.54, 1.807) is 0 Å². The molecule has 0 saturated carbocycles. The highest BCUT2D eigenvalue weighted by Crippen LogP contribution is 2.27. The third kappa shape index (κ3) is 3.11. The molecule has 1 aromatic carbocycles. The number of anilines is 1. The quantitative estimate of drug-likeness (QED) is 0.775. The molecule has 0 aliphatic heterocycles. The summed E-state index contributed by atoms with van der Waals surface area (Å²) in [4.78, 5) is 17.2. The van der Waals surface area contributed by atoms with Crippen LogP contribution in [-0.2, 0) is 11.3 Å². The van der Waals surface area contributed by atoms with Crippen LogP contribution in [0.2, 0.25) is 0 Å². The Morgan fingerprint density at radius 1 is 1.25 bits per heavy atom. The number of aromatic nitrogens is 3. The van der Waals surface area contributed by atoms with Gasteiger partial charge in [-0.25, -0.2) is 9.67 Å². The first-order chi connectivity index (χ1) is 11.4. The van der Waals surface area contributed by atoms with Crippen LogP contribution in [0.1, 0.15) is 40.5 Å². The summed E-state index contributed by atoms with van der Waals surface area (Å²) in [5.74, 6) is 0.553. The zero-order valence-corrected chi connectivity index (χ0v) is 14.8. The van der Waals surface area contributed by atoms with Crippen LogP contribution in [0, 0.1) is 5.41 Å². The molecule has 2 heterocycles. The summed E-state index contributed by atoms with van der Waals surface area (Å²) in [7, 11) is 0. The molecule has 0 aliphatic carbocycles. The van der Waals surface area contributed by atoms with Crippen LogP contribution in [0.5, 0.6) is 0 Å². The summed E-state index contributed by atoms with van der Waals surface area (Å²) in [6, 6.07) is 10.1. The Morgan fingerprint density at radius 2 is 2.00 bits per heavy atom. The second-order valence-electron chi connectivity index (χ2n) is 7.18. The first-order valence-electron chi connectivity index (χ1n) is 8.48. The average Bonchev–Trinajstić information content (AvgIpc) is 2.87. The van der Waals surface area contributed by atoms with E-state index < -0.39 is 5.41 Å². The number of fused-ring (bicyclic) bond motifs is 2. The molecular weight excluding hydrogens is 300 g/mol. The van der Waals surface area contributed by atoms with Crippen molar-refractivity contribution in [2.75, 3.05) is 5.32 Å². The fraction of sp³-hybridized carbons (Fsp3) is 0.421. The number of carbonyl (C=O) groups excluding carboxylic acids is 1. The van der Waals surface area contributed by atoms with Gasteiger partial charge in [0.25, 0.3) is 0 Å². The molecule has 0 spiro atoms. The van der Waals surface area contributed by atoms with Crippen molar-refractivity contribution in [2.24, 2.45) is 5.41 Å². The molecule has 126 valence electrons. The fourth-order valence-electron chi connectivity index (χ4n) is 2.55. The lowest BCUT2D eigenvalue weighted by atomic mass is 9.96. The van der Waals surface area contributed by atoms with E-state index in [9.17, 15) is 4.79 Å². The first kappa shape index (κ1) is 16.4. The van der Waals surface area contributed by atoms with Crippen molar-refractivity contribution in [3.05, 3.63) is 30.3 Å². The average molecular weight is 324 g/mol. The molecule has 0 aliphatic rings. The molecule has 3 aromatic rings. The number of unbranched alkanes of at least 4 members (excludes halogenated alkanes) is 1. The Balaban J connectivity index is 2.13. The molecule has 5 heteroatoms. The minimum absolute atomic E-state index is 0.0438. The molecule has 1 amide bonds. The minimum atomic E-state index is -0.468. The van der Waals surface area contributed by atoms with Crippen LogP contribution in [0.25, 0.3) is 21.9 Å². The number of benzene rings is 1. The van der Waals surface area contributed by atoms with Gasteiger partial charge in [-0.1, -0.05) is 52.3 Å². The van der Waals surface area contributed by atoms with Crippen LogP contribution in [0.4, 0.5) is 5.82 Å². The summed E-state index contributed by atoms with van der Waals surface area (Å²) in [5.41, 5.74) is 1.30. The highest BCUT2D eigenvalue weighted by Gasteiger charge is 2.24. The molecule has 2 aromatic heterocycles. The maximum atomic E-state index is 12.4. The normalized spacial score (nSPS) is 12.0. The van der Waals surface area contributed by atoms with Crippen LogP contribution in [0.15, 0.2) is 30.3 Å². The zero-order valence-electron chi connectivity index (χ0n) is 14.8. The Morgan fingerprint density at radius 3 is 2.71 bits per heavy atom. The van der Waals surface area contributed by atoms with E-state index in [4.69, 9.17) is 4.98 Å². The molecule has 0 saturated heterocycles. The molecule has 0 radical (unpaired) electrons. The maximum absolute atomic E-state index is 12.4. The Labute approximate surface area is 142 Å². The summed E-state index contributed by atoms with van der Waals surface area (Å²) in [6.45, 7) is 8.63. The van der Waals surface area contributed by atoms with Gasteiger partial charge in [0.15, 0.2) is 11.5 Å². The molecule has 0 atom stereocenters. The Hall–Kier alpha value is -2.43. The molecule has 24 heavy (non-hydrogen) atoms. The van der Waals surface area contributed by atoms with E-state index in [1.165, 1.54) is 0 Å². The van der Waals surface area contributed by atoms with Gasteiger partial charge < -0.3 is 5.32 Å². The van der Waals surface area contributed by atoms with Crippen molar-refractivity contribution >= 4 is 33.7 Å². The number of nitrogens with one attached hydrogen (secondary N) is 1. The van der Waals surface area contributed by atoms with Crippen molar-refractivity contribution in [1.29, 1.82) is 0 Å². The van der Waals surface area contributed by atoms with Gasteiger partial charge in [0, 0.05) is 17.3 Å². The minimum Gasteiger partial charge on any atom is -0.308 e. The van der Waals surface area contributed by atoms with Crippen LogP contribution in [-0.4, -0.2) is 20.7 Å². The van der Waals surface area contributed by atoms with Crippen LogP contribution < -0.4 is 5.32 Å². The standard InChI is InChI=1S/C19H24N4O/c1-5-6-11-23-17-14(12-13-9-7-8-10-15(13)20-17)16(22-23)21-18(24)19(2,3)4/h7-10,12H,5-6,11H2,1-4H3,(H,21,22,24). The summed E-state index contributed by atoms with van der Waals surface area (Å²) >= 11 is 0. The molecular formula is C19H24N4O. The van der Waals surface area contributed by atoms with E-state index in [-0.39, 0.29) is 5.91 Å². The van der Waals surface area contributed by atoms with Crippen molar-refractivity contribution in [3.63, 3.8) is 0 Å². The molecule has 0 bridgehead atoms. The number of amides is 1. The number of aryl methyl sites for hydroxylation is 1. The van der Waals surface area contributed by atoms with E-state index >= 15 is 0 Å². The second-order valence-corrected chi connectivity index (χ2v) is 7.18. The van der Waals surface area contributed by atoms with Crippen molar-refractivity contribution in [1.82, 2.24) is 14.8 Å². The lowest BCUT2D eigenvalue weighted by Crippen LogP contribution is -2.27. The summed E-state index contributed by atoms with van der Waals surface area (Å²) in [5, 5.41) is 9.54. The molecule has 0 fully saturated rings. The lowest BCUT2D eigenvalue weighted by molar-refractivity contribution is -0.123. The Kier molecular flexibility index (Phi) is 4.26. The van der Waals surface area contributed by atoms with Gasteiger partial charge in [-0.3, -0.25) is 4.79 Å². The predicted molar refractivity (Wildman–Crippen MR) is 98.0 cm³/mol. The van der Waals surface area contributed by atoms with Crippen molar-refractivity contribution < 1.29 is 4.79 Å². The highest BCUT2D eigenvalue weighted by atomic mass is 16.2.